The van der Waals surface area contributed by atoms with E-state index in [1.54, 1.807) is 0 Å². The van der Waals surface area contributed by atoms with Gasteiger partial charge < -0.3 is 24.6 Å². The number of hydrogen-bond acceptors (Lipinski definition) is 8. The minimum Gasteiger partial charge on any atom is -0.445 e. The summed E-state index contributed by atoms with van der Waals surface area (Å²) >= 11 is 0. The van der Waals surface area contributed by atoms with E-state index in [0.717, 1.165) is 52.0 Å². The van der Waals surface area contributed by atoms with Gasteiger partial charge in [0, 0.05) is 31.1 Å². The number of alkyl carbamates (subject to hydrolysis) is 1. The van der Waals surface area contributed by atoms with Gasteiger partial charge in [-0.15, -0.1) is 0 Å². The van der Waals surface area contributed by atoms with Crippen molar-refractivity contribution in [2.75, 3.05) is 6.54 Å². The van der Waals surface area contributed by atoms with Crippen LogP contribution in [0.5, 0.6) is 0 Å². The third-order valence-corrected chi connectivity index (χ3v) is 11.6. The van der Waals surface area contributed by atoms with Crippen LogP contribution in [0.4, 0.5) is 4.79 Å². The highest BCUT2D eigenvalue weighted by atomic mass is 16.7. The van der Waals surface area contributed by atoms with Gasteiger partial charge in [0.05, 0.1) is 31.8 Å². The summed E-state index contributed by atoms with van der Waals surface area (Å²) in [5.74, 6) is -0.812. The highest BCUT2D eigenvalue weighted by molar-refractivity contribution is 6.06. The zero-order valence-electron chi connectivity index (χ0n) is 34.7. The number of rotatable bonds is 15. The van der Waals surface area contributed by atoms with Crippen LogP contribution < -0.4 is 5.32 Å². The fourth-order valence-electron chi connectivity index (χ4n) is 8.18. The molecule has 3 amide bonds. The first-order valence-electron chi connectivity index (χ1n) is 21.1. The Bertz CT molecular complexity index is 2370. The molecule has 8 rings (SSSR count). The van der Waals surface area contributed by atoms with Gasteiger partial charge in [0.2, 0.25) is 5.91 Å². The lowest BCUT2D eigenvalue weighted by atomic mass is 9.89. The molecule has 6 aromatic rings. The Morgan fingerprint density at radius 3 is 1.92 bits per heavy atom. The van der Waals surface area contributed by atoms with Gasteiger partial charge in [0.15, 0.2) is 6.29 Å². The van der Waals surface area contributed by atoms with Gasteiger partial charge in [-0.25, -0.2) is 4.79 Å². The Morgan fingerprint density at radius 1 is 0.694 bits per heavy atom. The average Bonchev–Trinajstić information content (AvgIpc) is 3.57. The summed E-state index contributed by atoms with van der Waals surface area (Å²) in [6.45, 7) is 4.50. The second-order valence-corrected chi connectivity index (χ2v) is 16.1. The van der Waals surface area contributed by atoms with E-state index in [0.29, 0.717) is 6.54 Å². The molecule has 5 atom stereocenters. The molecule has 2 fully saturated rings. The Balaban J connectivity index is 0.967. The monoisotopic (exact) mass is 829 g/mol. The van der Waals surface area contributed by atoms with E-state index < -0.39 is 24.3 Å². The first-order chi connectivity index (χ1) is 30.3. The summed E-state index contributed by atoms with van der Waals surface area (Å²) in [5.41, 5.74) is 8.67. The van der Waals surface area contributed by atoms with Crippen molar-refractivity contribution in [1.82, 2.24) is 15.1 Å². The molecule has 0 spiro atoms. The number of aliphatic hydroxyl groups excluding tert-OH is 1. The first kappa shape index (κ1) is 42.3. The summed E-state index contributed by atoms with van der Waals surface area (Å²) in [5, 5.41) is 12.3. The fraction of sp³-hybridized carbons (Fsp3) is 0.250. The maximum absolute atomic E-state index is 13.3. The second kappa shape index (κ2) is 20.0. The first-order valence-corrected chi connectivity index (χ1v) is 21.1. The van der Waals surface area contributed by atoms with E-state index in [9.17, 15) is 19.5 Å². The molecule has 2 heterocycles. The molecule has 0 aromatic heterocycles. The van der Waals surface area contributed by atoms with Crippen molar-refractivity contribution < 1.29 is 33.7 Å². The molecular formula is C52H51N3O7. The number of nitrogens with one attached hydrogen (secondary N) is 1. The van der Waals surface area contributed by atoms with E-state index in [-0.39, 0.29) is 50.2 Å². The molecule has 10 nitrogen and oxygen atoms in total. The van der Waals surface area contributed by atoms with Crippen LogP contribution in [0.15, 0.2) is 164 Å². The smallest absolute Gasteiger partial charge is 0.408 e. The Labute approximate surface area is 362 Å². The molecule has 1 unspecified atom stereocenters. The van der Waals surface area contributed by atoms with Crippen LogP contribution in [0.25, 0.3) is 11.1 Å². The third-order valence-electron chi connectivity index (χ3n) is 11.6. The molecule has 316 valence electrons. The zero-order valence-corrected chi connectivity index (χ0v) is 34.7. The Kier molecular flexibility index (Phi) is 13.6. The zero-order chi connectivity index (χ0) is 42.8. The molecule has 62 heavy (non-hydrogen) atoms. The quantitative estimate of drug-likeness (QED) is 0.0987. The van der Waals surface area contributed by atoms with Crippen LogP contribution in [0.2, 0.25) is 0 Å². The summed E-state index contributed by atoms with van der Waals surface area (Å²) < 4.78 is 19.0. The van der Waals surface area contributed by atoms with Crippen molar-refractivity contribution in [2.24, 2.45) is 5.92 Å². The topological polar surface area (TPSA) is 118 Å². The number of likely N-dealkylation sites (tertiary alicyclic amines) is 1. The molecule has 0 aliphatic carbocycles. The van der Waals surface area contributed by atoms with E-state index in [1.807, 2.05) is 115 Å². The number of ether oxygens (including phenoxy) is 3. The summed E-state index contributed by atoms with van der Waals surface area (Å²) in [7, 11) is 0. The normalized spacial score (nSPS) is 20.0. The van der Waals surface area contributed by atoms with Gasteiger partial charge in [0.1, 0.15) is 12.6 Å². The molecule has 0 saturated carbocycles. The summed E-state index contributed by atoms with van der Waals surface area (Å²) in [4.78, 5) is 42.4. The van der Waals surface area contributed by atoms with E-state index >= 15 is 0 Å². The second-order valence-electron chi connectivity index (χ2n) is 16.1. The lowest BCUT2D eigenvalue weighted by Crippen LogP contribution is -2.44. The molecule has 2 aliphatic heterocycles. The van der Waals surface area contributed by atoms with Crippen LogP contribution in [0, 0.1) is 5.92 Å². The molecule has 0 radical (unpaired) electrons. The minimum atomic E-state index is -0.983. The molecule has 10 heteroatoms. The number of carbonyl (C=O) groups is 3. The van der Waals surface area contributed by atoms with Crippen molar-refractivity contribution in [2.45, 2.75) is 70.7 Å². The van der Waals surface area contributed by atoms with Crippen LogP contribution >= 0.6 is 0 Å². The molecule has 2 saturated heterocycles. The maximum Gasteiger partial charge on any atom is 0.408 e. The molecule has 2 aliphatic rings. The van der Waals surface area contributed by atoms with E-state index in [2.05, 4.69) is 65.7 Å². The Morgan fingerprint density at radius 2 is 1.29 bits per heavy atom. The van der Waals surface area contributed by atoms with Crippen molar-refractivity contribution in [3.8, 4) is 11.1 Å². The number of hydrogen-bond donors (Lipinski definition) is 2. The lowest BCUT2D eigenvalue weighted by molar-refractivity contribution is -0.276. The number of imide groups is 1. The predicted molar refractivity (Wildman–Crippen MR) is 236 cm³/mol. The summed E-state index contributed by atoms with van der Waals surface area (Å²) in [6.07, 6.45) is -1.95. The van der Waals surface area contributed by atoms with Crippen LogP contribution in [0.1, 0.15) is 64.7 Å². The fourth-order valence-corrected chi connectivity index (χ4v) is 8.18. The number of carbonyl (C=O) groups excluding carboxylic acids is 3. The number of aliphatic hydroxyl groups is 1. The van der Waals surface area contributed by atoms with E-state index in [4.69, 9.17) is 14.2 Å². The van der Waals surface area contributed by atoms with Crippen LogP contribution in [-0.2, 0) is 56.6 Å². The highest BCUT2D eigenvalue weighted by Gasteiger charge is 2.41. The maximum atomic E-state index is 13.3. The molecule has 6 aromatic carbocycles. The Hall–Kier alpha value is -6.43. The third kappa shape index (κ3) is 10.5. The highest BCUT2D eigenvalue weighted by Crippen LogP contribution is 2.42. The molecule has 0 bridgehead atoms. The van der Waals surface area contributed by atoms with E-state index in [1.165, 1.54) is 16.0 Å². The van der Waals surface area contributed by atoms with Crippen LogP contribution in [0.3, 0.4) is 0 Å². The van der Waals surface area contributed by atoms with Gasteiger partial charge in [-0.3, -0.25) is 19.4 Å². The molecule has 2 N–H and O–H groups in total. The van der Waals surface area contributed by atoms with Gasteiger partial charge in [-0.1, -0.05) is 165 Å². The predicted octanol–water partition coefficient (Wildman–Crippen LogP) is 8.89. The SMILES string of the molecule is C[C@@H]1[C@H](CN(Cc2ccccc2)Cc2ccccc2)O[C@H](c2ccc(-c3cccc(CN4C(=O)CC(NC(=O)OCc5ccccc5)C4=O)c3)cc2)O[C@@H]1c1ccc(CO)cc1. The molecular weight excluding hydrogens is 779 g/mol. The largest absolute Gasteiger partial charge is 0.445 e. The van der Waals surface area contributed by atoms with Crippen molar-refractivity contribution in [3.05, 3.63) is 203 Å². The number of amides is 3. The van der Waals surface area contributed by atoms with Gasteiger partial charge >= 0.3 is 6.09 Å². The minimum absolute atomic E-state index is 0.0103. The van der Waals surface area contributed by atoms with Crippen LogP contribution in [-0.4, -0.2) is 51.5 Å². The van der Waals surface area contributed by atoms with Crippen molar-refractivity contribution in [3.63, 3.8) is 0 Å². The van der Waals surface area contributed by atoms with Gasteiger partial charge in [-0.2, -0.15) is 0 Å². The standard InChI is InChI=1S/C52H51N3O7/c1-36-47(33-54(30-37-12-5-2-6-13-37)31-38-14-7-3-8-15-38)61-51(62-49(36)43-22-20-39(34-56)21-23-43)44-26-24-42(25-27-44)45-19-11-18-41(28-45)32-55-48(57)29-46(50(55)58)53-52(59)60-35-40-16-9-4-10-17-40/h2-28,36,46-47,49,51,56H,29-35H2,1H3,(H,53,59)/t36-,46?,47+,49+,51+/m1/s1. The van der Waals surface area contributed by atoms with Gasteiger partial charge in [0.25, 0.3) is 5.91 Å². The number of benzene rings is 6. The van der Waals surface area contributed by atoms with Gasteiger partial charge in [-0.05, 0) is 50.6 Å². The summed E-state index contributed by atoms with van der Waals surface area (Å²) in [6, 6.07) is 53.1. The van der Waals surface area contributed by atoms with Crippen molar-refractivity contribution in [1.29, 1.82) is 0 Å². The average molecular weight is 830 g/mol. The number of nitrogens with zero attached hydrogens (tertiary/aromatic N) is 2. The van der Waals surface area contributed by atoms with Crippen molar-refractivity contribution >= 4 is 17.9 Å². The lowest BCUT2D eigenvalue weighted by Gasteiger charge is -2.43.